The number of cyclic esters (lactones) is 1. The topological polar surface area (TPSA) is 72.9 Å². The van der Waals surface area contributed by atoms with Crippen molar-refractivity contribution >= 4 is 18.1 Å². The van der Waals surface area contributed by atoms with Gasteiger partial charge >= 0.3 is 18.1 Å². The van der Waals surface area contributed by atoms with Gasteiger partial charge in [-0.25, -0.2) is 9.59 Å². The Morgan fingerprint density at radius 2 is 1.79 bits per heavy atom. The average molecular weight is 403 g/mol. The molecule has 2 unspecified atom stereocenters. The van der Waals surface area contributed by atoms with Crippen molar-refractivity contribution in [1.82, 2.24) is 4.90 Å². The van der Waals surface area contributed by atoms with Crippen molar-refractivity contribution < 1.29 is 28.3 Å². The standard InChI is InChI=1S/C22H31N2O5/c1-16(25)24(18-10-12-23(13-11-18)20(26)29-22(2,3)4)19(15-28-21(24)27)14-17-8-6-5-7-9-17/h5-9,18-19H,10-15H2,1-4H3/q+1. The first-order chi connectivity index (χ1) is 13.6. The Labute approximate surface area is 172 Å². The predicted molar refractivity (Wildman–Crippen MR) is 107 cm³/mol. The molecule has 7 nitrogen and oxygen atoms in total. The van der Waals surface area contributed by atoms with Gasteiger partial charge in [-0.05, 0) is 26.3 Å². The Kier molecular flexibility index (Phi) is 5.98. The van der Waals surface area contributed by atoms with Gasteiger partial charge in [-0.1, -0.05) is 30.3 Å². The van der Waals surface area contributed by atoms with Crippen LogP contribution in [0.2, 0.25) is 0 Å². The highest BCUT2D eigenvalue weighted by atomic mass is 16.6. The molecule has 2 fully saturated rings. The minimum absolute atomic E-state index is 0.191. The van der Waals surface area contributed by atoms with Crippen LogP contribution >= 0.6 is 0 Å². The van der Waals surface area contributed by atoms with E-state index in [0.717, 1.165) is 5.56 Å². The fourth-order valence-electron chi connectivity index (χ4n) is 4.50. The van der Waals surface area contributed by atoms with Gasteiger partial charge in [-0.15, -0.1) is 0 Å². The molecule has 29 heavy (non-hydrogen) atoms. The number of piperidine rings is 1. The lowest BCUT2D eigenvalue weighted by molar-refractivity contribution is -0.819. The van der Waals surface area contributed by atoms with Crippen LogP contribution in [0.15, 0.2) is 30.3 Å². The summed E-state index contributed by atoms with van der Waals surface area (Å²) in [6.07, 6.45) is 0.890. The molecule has 0 bridgehead atoms. The van der Waals surface area contributed by atoms with E-state index in [4.69, 9.17) is 9.47 Å². The first-order valence-corrected chi connectivity index (χ1v) is 10.2. The molecule has 3 rings (SSSR count). The van der Waals surface area contributed by atoms with Crippen LogP contribution in [0.3, 0.4) is 0 Å². The number of carbonyl (C=O) groups excluding carboxylic acids is 3. The maximum Gasteiger partial charge on any atom is 0.524 e. The maximum atomic E-state index is 12.9. The second-order valence-corrected chi connectivity index (χ2v) is 8.92. The number of quaternary nitrogens is 1. The summed E-state index contributed by atoms with van der Waals surface area (Å²) in [7, 11) is 0. The van der Waals surface area contributed by atoms with E-state index in [0.29, 0.717) is 32.4 Å². The van der Waals surface area contributed by atoms with Gasteiger partial charge in [0, 0.05) is 32.4 Å². The molecule has 0 aliphatic carbocycles. The minimum Gasteiger partial charge on any atom is -0.444 e. The first-order valence-electron chi connectivity index (χ1n) is 10.2. The van der Waals surface area contributed by atoms with Gasteiger partial charge in [0.2, 0.25) is 0 Å². The molecule has 0 N–H and O–H groups in total. The molecular formula is C22H31N2O5+. The second-order valence-electron chi connectivity index (χ2n) is 8.92. The zero-order valence-corrected chi connectivity index (χ0v) is 17.7. The Hall–Kier alpha value is -2.41. The molecular weight excluding hydrogens is 372 g/mol. The zero-order chi connectivity index (χ0) is 21.2. The Morgan fingerprint density at radius 3 is 2.34 bits per heavy atom. The molecule has 158 valence electrons. The van der Waals surface area contributed by atoms with Crippen LogP contribution in [-0.2, 0) is 20.7 Å². The molecule has 2 aliphatic rings. The number of nitrogens with zero attached hydrogens (tertiary/aromatic N) is 2. The third-order valence-corrected chi connectivity index (χ3v) is 5.80. The van der Waals surface area contributed by atoms with Crippen molar-refractivity contribution in [1.29, 1.82) is 0 Å². The van der Waals surface area contributed by atoms with Crippen LogP contribution in [0.4, 0.5) is 9.59 Å². The monoisotopic (exact) mass is 403 g/mol. The summed E-state index contributed by atoms with van der Waals surface area (Å²) < 4.78 is 10.6. The molecule has 2 aliphatic heterocycles. The van der Waals surface area contributed by atoms with Gasteiger partial charge in [0.1, 0.15) is 17.7 Å². The summed E-state index contributed by atoms with van der Waals surface area (Å²) in [5, 5.41) is 0. The second kappa shape index (κ2) is 8.14. The highest BCUT2D eigenvalue weighted by Gasteiger charge is 2.61. The zero-order valence-electron chi connectivity index (χ0n) is 17.7. The van der Waals surface area contributed by atoms with Crippen LogP contribution < -0.4 is 0 Å². The molecule has 1 aromatic carbocycles. The van der Waals surface area contributed by atoms with Gasteiger partial charge in [0.15, 0.2) is 6.61 Å². The van der Waals surface area contributed by atoms with Crippen LogP contribution in [-0.4, -0.2) is 64.9 Å². The Bertz CT molecular complexity index is 765. The van der Waals surface area contributed by atoms with E-state index in [1.807, 2.05) is 51.1 Å². The number of likely N-dealkylation sites (tertiary alicyclic amines) is 1. The van der Waals surface area contributed by atoms with Crippen molar-refractivity contribution in [2.24, 2.45) is 0 Å². The molecule has 2 atom stereocenters. The normalized spacial score (nSPS) is 25.6. The van der Waals surface area contributed by atoms with Crippen molar-refractivity contribution in [3.05, 3.63) is 35.9 Å². The summed E-state index contributed by atoms with van der Waals surface area (Å²) in [6.45, 7) is 8.13. The third-order valence-electron chi connectivity index (χ3n) is 5.80. The molecule has 0 aromatic heterocycles. The Morgan fingerprint density at radius 1 is 1.17 bits per heavy atom. The quantitative estimate of drug-likeness (QED) is 0.722. The molecule has 2 heterocycles. The first kappa shape index (κ1) is 21.3. The van der Waals surface area contributed by atoms with Crippen LogP contribution in [0.25, 0.3) is 0 Å². The number of amides is 3. The number of hydrogen-bond acceptors (Lipinski definition) is 5. The summed E-state index contributed by atoms with van der Waals surface area (Å²) >= 11 is 0. The Balaban J connectivity index is 1.77. The number of imide groups is 1. The number of hydrogen-bond donors (Lipinski definition) is 0. The van der Waals surface area contributed by atoms with E-state index in [9.17, 15) is 14.4 Å². The largest absolute Gasteiger partial charge is 0.524 e. The summed E-state index contributed by atoms with van der Waals surface area (Å²) in [6, 6.07) is 9.41. The highest BCUT2D eigenvalue weighted by molar-refractivity contribution is 5.81. The molecule has 0 saturated carbocycles. The van der Waals surface area contributed by atoms with Gasteiger partial charge < -0.3 is 14.4 Å². The van der Waals surface area contributed by atoms with E-state index in [-0.39, 0.29) is 35.2 Å². The molecule has 2 saturated heterocycles. The van der Waals surface area contributed by atoms with Crippen molar-refractivity contribution in [3.63, 3.8) is 0 Å². The smallest absolute Gasteiger partial charge is 0.444 e. The fourth-order valence-corrected chi connectivity index (χ4v) is 4.50. The van der Waals surface area contributed by atoms with E-state index < -0.39 is 11.7 Å². The predicted octanol–water partition coefficient (Wildman–Crippen LogP) is 3.51. The maximum absolute atomic E-state index is 12.9. The van der Waals surface area contributed by atoms with E-state index in [1.54, 1.807) is 4.90 Å². The summed E-state index contributed by atoms with van der Waals surface area (Å²) in [5.74, 6) is -0.191. The van der Waals surface area contributed by atoms with Gasteiger partial charge in [-0.3, -0.25) is 0 Å². The van der Waals surface area contributed by atoms with E-state index in [2.05, 4.69) is 0 Å². The number of benzene rings is 1. The molecule has 0 radical (unpaired) electrons. The molecule has 3 amide bonds. The van der Waals surface area contributed by atoms with Crippen molar-refractivity contribution in [2.45, 2.75) is 64.6 Å². The third kappa shape index (κ3) is 4.29. The highest BCUT2D eigenvalue weighted by Crippen LogP contribution is 2.35. The lowest BCUT2D eigenvalue weighted by Crippen LogP contribution is -2.66. The van der Waals surface area contributed by atoms with Crippen molar-refractivity contribution in [2.75, 3.05) is 19.7 Å². The molecule has 1 aromatic rings. The molecule has 7 heteroatoms. The lowest BCUT2D eigenvalue weighted by atomic mass is 9.95. The van der Waals surface area contributed by atoms with Gasteiger partial charge in [0.05, 0.1) is 6.92 Å². The van der Waals surface area contributed by atoms with E-state index in [1.165, 1.54) is 6.92 Å². The minimum atomic E-state index is -0.555. The summed E-state index contributed by atoms with van der Waals surface area (Å²) in [5.41, 5.74) is 0.520. The summed E-state index contributed by atoms with van der Waals surface area (Å²) in [4.78, 5) is 39.7. The van der Waals surface area contributed by atoms with Crippen LogP contribution in [0.5, 0.6) is 0 Å². The number of carbonyl (C=O) groups is 3. The van der Waals surface area contributed by atoms with Crippen molar-refractivity contribution in [3.8, 4) is 0 Å². The number of rotatable bonds is 3. The van der Waals surface area contributed by atoms with Crippen LogP contribution in [0.1, 0.15) is 46.1 Å². The SMILES string of the molecule is CC(=O)[N+]1(C2CCN(C(=O)OC(C)(C)C)CC2)C(=O)OCC1Cc1ccccc1. The lowest BCUT2D eigenvalue weighted by Gasteiger charge is -2.42. The molecule has 0 spiro atoms. The van der Waals surface area contributed by atoms with E-state index >= 15 is 0 Å². The van der Waals surface area contributed by atoms with Gasteiger partial charge in [0.25, 0.3) is 0 Å². The van der Waals surface area contributed by atoms with Crippen LogP contribution in [0, 0.1) is 0 Å². The number of ether oxygens (including phenoxy) is 2. The van der Waals surface area contributed by atoms with Gasteiger partial charge in [-0.2, -0.15) is 9.28 Å². The fraction of sp³-hybridized carbons (Fsp3) is 0.591. The average Bonchev–Trinajstić information content (AvgIpc) is 2.98.